The minimum atomic E-state index is -0.101. The molecule has 0 spiro atoms. The SMILES string of the molecule is O=C(NCc1ccc(N2CCOCC2)cc1)c1ccc(-c2cnco2)cc1. The Bertz CT molecular complexity index is 868. The predicted octanol–water partition coefficient (Wildman–Crippen LogP) is 3.11. The summed E-state index contributed by atoms with van der Waals surface area (Å²) in [7, 11) is 0. The third kappa shape index (κ3) is 4.17. The first-order chi connectivity index (χ1) is 13.3. The normalized spacial score (nSPS) is 14.1. The predicted molar refractivity (Wildman–Crippen MR) is 103 cm³/mol. The number of nitrogens with one attached hydrogen (secondary N) is 1. The lowest BCUT2D eigenvalue weighted by Crippen LogP contribution is -2.36. The van der Waals surface area contributed by atoms with Crippen LogP contribution in [0.1, 0.15) is 15.9 Å². The molecule has 1 aromatic heterocycles. The van der Waals surface area contributed by atoms with Crippen LogP contribution < -0.4 is 10.2 Å². The molecule has 4 rings (SSSR count). The van der Waals surface area contributed by atoms with Gasteiger partial charge in [0.15, 0.2) is 12.2 Å². The van der Waals surface area contributed by atoms with Gasteiger partial charge in [0.2, 0.25) is 0 Å². The standard InChI is InChI=1S/C21H21N3O3/c25-21(18-5-3-17(4-6-18)20-14-22-15-27-20)23-13-16-1-7-19(8-2-16)24-9-11-26-12-10-24/h1-8,14-15H,9-13H2,(H,23,25). The van der Waals surface area contributed by atoms with Gasteiger partial charge in [-0.2, -0.15) is 0 Å². The Balaban J connectivity index is 1.33. The molecule has 0 radical (unpaired) electrons. The van der Waals surface area contributed by atoms with Crippen LogP contribution in [0.2, 0.25) is 0 Å². The summed E-state index contributed by atoms with van der Waals surface area (Å²) in [6.45, 7) is 3.87. The van der Waals surface area contributed by atoms with Gasteiger partial charge in [-0.25, -0.2) is 4.98 Å². The number of nitrogens with zero attached hydrogens (tertiary/aromatic N) is 2. The van der Waals surface area contributed by atoms with E-state index >= 15 is 0 Å². The summed E-state index contributed by atoms with van der Waals surface area (Å²) in [5, 5.41) is 2.96. The van der Waals surface area contributed by atoms with E-state index in [9.17, 15) is 4.79 Å². The molecule has 0 aliphatic carbocycles. The minimum Gasteiger partial charge on any atom is -0.444 e. The van der Waals surface area contributed by atoms with E-state index in [0.29, 0.717) is 17.9 Å². The van der Waals surface area contributed by atoms with Crippen LogP contribution in [0.4, 0.5) is 5.69 Å². The fourth-order valence-electron chi connectivity index (χ4n) is 3.07. The third-order valence-corrected chi connectivity index (χ3v) is 4.63. The molecule has 6 heteroatoms. The topological polar surface area (TPSA) is 67.6 Å². The Labute approximate surface area is 157 Å². The van der Waals surface area contributed by atoms with Crippen molar-refractivity contribution in [2.24, 2.45) is 0 Å². The summed E-state index contributed by atoms with van der Waals surface area (Å²) in [6, 6.07) is 15.6. The highest BCUT2D eigenvalue weighted by atomic mass is 16.5. The number of hydrogen-bond acceptors (Lipinski definition) is 5. The number of carbonyl (C=O) groups is 1. The molecule has 0 bridgehead atoms. The number of hydrogen-bond donors (Lipinski definition) is 1. The maximum Gasteiger partial charge on any atom is 0.251 e. The molecule has 138 valence electrons. The quantitative estimate of drug-likeness (QED) is 0.754. The number of ether oxygens (including phenoxy) is 1. The average molecular weight is 363 g/mol. The summed E-state index contributed by atoms with van der Waals surface area (Å²) in [5.41, 5.74) is 3.76. The second kappa shape index (κ2) is 8.05. The molecule has 0 unspecified atom stereocenters. The van der Waals surface area contributed by atoms with E-state index in [2.05, 4.69) is 39.5 Å². The van der Waals surface area contributed by atoms with E-state index in [0.717, 1.165) is 37.4 Å². The number of amides is 1. The Morgan fingerprint density at radius 3 is 2.44 bits per heavy atom. The molecular formula is C21H21N3O3. The number of morpholine rings is 1. The number of anilines is 1. The first-order valence-corrected chi connectivity index (χ1v) is 8.98. The van der Waals surface area contributed by atoms with Crippen LogP contribution in [0, 0.1) is 0 Å². The highest BCUT2D eigenvalue weighted by Crippen LogP contribution is 2.19. The lowest BCUT2D eigenvalue weighted by atomic mass is 10.1. The maximum atomic E-state index is 12.4. The first-order valence-electron chi connectivity index (χ1n) is 8.98. The molecule has 0 atom stereocenters. The van der Waals surface area contributed by atoms with Crippen LogP contribution in [0.5, 0.6) is 0 Å². The summed E-state index contributed by atoms with van der Waals surface area (Å²) in [5.74, 6) is 0.582. The van der Waals surface area contributed by atoms with Gasteiger partial charge in [-0.3, -0.25) is 4.79 Å². The van der Waals surface area contributed by atoms with E-state index in [-0.39, 0.29) is 5.91 Å². The molecule has 27 heavy (non-hydrogen) atoms. The van der Waals surface area contributed by atoms with Crippen LogP contribution in [0.3, 0.4) is 0 Å². The van der Waals surface area contributed by atoms with Gasteiger partial charge in [0.05, 0.1) is 19.4 Å². The maximum absolute atomic E-state index is 12.4. The zero-order valence-electron chi connectivity index (χ0n) is 14.9. The highest BCUT2D eigenvalue weighted by Gasteiger charge is 2.11. The van der Waals surface area contributed by atoms with Crippen LogP contribution in [0.25, 0.3) is 11.3 Å². The van der Waals surface area contributed by atoms with Crippen LogP contribution in [-0.2, 0) is 11.3 Å². The van der Waals surface area contributed by atoms with Gasteiger partial charge in [0, 0.05) is 36.4 Å². The van der Waals surface area contributed by atoms with Crippen molar-refractivity contribution in [3.05, 3.63) is 72.2 Å². The highest BCUT2D eigenvalue weighted by molar-refractivity contribution is 5.94. The fourth-order valence-corrected chi connectivity index (χ4v) is 3.07. The molecule has 0 saturated carbocycles. The fraction of sp³-hybridized carbons (Fsp3) is 0.238. The van der Waals surface area contributed by atoms with Crippen molar-refractivity contribution >= 4 is 11.6 Å². The molecule has 2 aromatic carbocycles. The van der Waals surface area contributed by atoms with E-state index in [1.54, 1.807) is 18.3 Å². The van der Waals surface area contributed by atoms with Crippen LogP contribution >= 0.6 is 0 Å². The molecule has 1 aliphatic rings. The molecule has 2 heterocycles. The van der Waals surface area contributed by atoms with E-state index in [1.807, 2.05) is 12.1 Å². The molecule has 1 N–H and O–H groups in total. The molecular weight excluding hydrogens is 342 g/mol. The second-order valence-electron chi connectivity index (χ2n) is 6.39. The van der Waals surface area contributed by atoms with Crippen molar-refractivity contribution in [1.29, 1.82) is 0 Å². The minimum absolute atomic E-state index is 0.101. The molecule has 3 aromatic rings. The molecule has 1 fully saturated rings. The lowest BCUT2D eigenvalue weighted by molar-refractivity contribution is 0.0951. The Hall–Kier alpha value is -3.12. The van der Waals surface area contributed by atoms with Crippen molar-refractivity contribution in [3.63, 3.8) is 0 Å². The number of rotatable bonds is 5. The van der Waals surface area contributed by atoms with Crippen molar-refractivity contribution in [2.45, 2.75) is 6.54 Å². The number of benzene rings is 2. The summed E-state index contributed by atoms with van der Waals surface area (Å²) >= 11 is 0. The van der Waals surface area contributed by atoms with Crippen LogP contribution in [-0.4, -0.2) is 37.2 Å². The summed E-state index contributed by atoms with van der Waals surface area (Å²) < 4.78 is 10.6. The van der Waals surface area contributed by atoms with E-state index in [1.165, 1.54) is 12.1 Å². The average Bonchev–Trinajstić information content (AvgIpc) is 3.28. The molecule has 6 nitrogen and oxygen atoms in total. The van der Waals surface area contributed by atoms with Crippen molar-refractivity contribution in [2.75, 3.05) is 31.2 Å². The van der Waals surface area contributed by atoms with Gasteiger partial charge >= 0.3 is 0 Å². The number of oxazole rings is 1. The van der Waals surface area contributed by atoms with Crippen molar-refractivity contribution < 1.29 is 13.9 Å². The largest absolute Gasteiger partial charge is 0.444 e. The van der Waals surface area contributed by atoms with Gasteiger partial charge in [0.1, 0.15) is 0 Å². The van der Waals surface area contributed by atoms with Crippen LogP contribution in [0.15, 0.2) is 65.5 Å². The van der Waals surface area contributed by atoms with Gasteiger partial charge in [-0.1, -0.05) is 24.3 Å². The van der Waals surface area contributed by atoms with Crippen molar-refractivity contribution in [3.8, 4) is 11.3 Å². The number of carbonyl (C=O) groups excluding carboxylic acids is 1. The molecule has 1 saturated heterocycles. The van der Waals surface area contributed by atoms with E-state index in [4.69, 9.17) is 9.15 Å². The van der Waals surface area contributed by atoms with Gasteiger partial charge in [0.25, 0.3) is 5.91 Å². The zero-order valence-corrected chi connectivity index (χ0v) is 14.9. The Morgan fingerprint density at radius 1 is 1.04 bits per heavy atom. The summed E-state index contributed by atoms with van der Waals surface area (Å²) in [6.07, 6.45) is 3.04. The second-order valence-corrected chi connectivity index (χ2v) is 6.39. The third-order valence-electron chi connectivity index (χ3n) is 4.63. The summed E-state index contributed by atoms with van der Waals surface area (Å²) in [4.78, 5) is 18.6. The monoisotopic (exact) mass is 363 g/mol. The number of aromatic nitrogens is 1. The Kier molecular flexibility index (Phi) is 5.16. The van der Waals surface area contributed by atoms with Crippen molar-refractivity contribution in [1.82, 2.24) is 10.3 Å². The molecule has 1 amide bonds. The van der Waals surface area contributed by atoms with Gasteiger partial charge in [-0.05, 0) is 29.8 Å². The Morgan fingerprint density at radius 2 is 1.78 bits per heavy atom. The van der Waals surface area contributed by atoms with Gasteiger partial charge in [-0.15, -0.1) is 0 Å². The zero-order chi connectivity index (χ0) is 18.5. The van der Waals surface area contributed by atoms with Gasteiger partial charge < -0.3 is 19.4 Å². The lowest BCUT2D eigenvalue weighted by Gasteiger charge is -2.28. The van der Waals surface area contributed by atoms with E-state index < -0.39 is 0 Å². The first kappa shape index (κ1) is 17.3. The smallest absolute Gasteiger partial charge is 0.251 e. The molecule has 1 aliphatic heterocycles.